The number of anilines is 1. The fraction of sp³-hybridized carbons (Fsp3) is 0.158. The van der Waals surface area contributed by atoms with Crippen LogP contribution in [0.4, 0.5) is 5.69 Å². The summed E-state index contributed by atoms with van der Waals surface area (Å²) in [5.74, 6) is -0.412. The van der Waals surface area contributed by atoms with E-state index in [0.717, 1.165) is 12.0 Å². The number of nitriles is 1. The number of benzene rings is 2. The van der Waals surface area contributed by atoms with Gasteiger partial charge in [-0.15, -0.1) is 0 Å². The molecule has 2 rings (SSSR count). The first-order valence-electron chi connectivity index (χ1n) is 7.44. The fourth-order valence-electron chi connectivity index (χ4n) is 2.11. The number of aryl methyl sites for hydroxylation is 1. The van der Waals surface area contributed by atoms with Crippen LogP contribution in [0, 0.1) is 18.3 Å². The molecule has 0 heterocycles. The van der Waals surface area contributed by atoms with Crippen LogP contribution in [-0.2, 0) is 11.2 Å². The highest BCUT2D eigenvalue weighted by molar-refractivity contribution is 6.06. The molecule has 2 aromatic carbocycles. The average molecular weight is 305 g/mol. The summed E-state index contributed by atoms with van der Waals surface area (Å²) < 4.78 is 0. The Bertz CT molecular complexity index is 730. The first kappa shape index (κ1) is 16.3. The predicted octanol–water partition coefficient (Wildman–Crippen LogP) is 3.17. The van der Waals surface area contributed by atoms with Gasteiger partial charge in [-0.2, -0.15) is 5.26 Å². The van der Waals surface area contributed by atoms with Crippen LogP contribution in [0.3, 0.4) is 0 Å². The molecule has 0 fully saturated rings. The highest BCUT2D eigenvalue weighted by Crippen LogP contribution is 2.10. The van der Waals surface area contributed by atoms with E-state index in [4.69, 9.17) is 5.26 Å². The second kappa shape index (κ2) is 8.40. The van der Waals surface area contributed by atoms with Crippen LogP contribution in [-0.4, -0.2) is 12.5 Å². The minimum Gasteiger partial charge on any atom is -0.389 e. The third-order valence-electron chi connectivity index (χ3n) is 3.29. The maximum Gasteiger partial charge on any atom is 0.267 e. The smallest absolute Gasteiger partial charge is 0.267 e. The maximum absolute atomic E-state index is 12.1. The molecule has 4 heteroatoms. The molecule has 0 aliphatic heterocycles. The third-order valence-corrected chi connectivity index (χ3v) is 3.29. The summed E-state index contributed by atoms with van der Waals surface area (Å²) in [6.07, 6.45) is 2.30. The molecule has 116 valence electrons. The summed E-state index contributed by atoms with van der Waals surface area (Å²) in [6.45, 7) is 2.61. The summed E-state index contributed by atoms with van der Waals surface area (Å²) in [5.41, 5.74) is 2.99. The first-order chi connectivity index (χ1) is 11.2. The van der Waals surface area contributed by atoms with Gasteiger partial charge in [-0.1, -0.05) is 42.5 Å². The van der Waals surface area contributed by atoms with Crippen LogP contribution in [0.5, 0.6) is 0 Å². The molecule has 23 heavy (non-hydrogen) atoms. The van der Waals surface area contributed by atoms with Crippen molar-refractivity contribution < 1.29 is 4.79 Å². The topological polar surface area (TPSA) is 64.9 Å². The second-order valence-corrected chi connectivity index (χ2v) is 5.18. The lowest BCUT2D eigenvalue weighted by Gasteiger charge is -2.06. The minimum atomic E-state index is -0.412. The molecule has 0 aliphatic carbocycles. The van der Waals surface area contributed by atoms with Crippen molar-refractivity contribution in [2.75, 3.05) is 11.9 Å². The van der Waals surface area contributed by atoms with Gasteiger partial charge in [0.05, 0.1) is 0 Å². The van der Waals surface area contributed by atoms with Crippen molar-refractivity contribution in [1.82, 2.24) is 5.32 Å². The highest BCUT2D eigenvalue weighted by atomic mass is 16.1. The average Bonchev–Trinajstić information content (AvgIpc) is 2.56. The van der Waals surface area contributed by atoms with Crippen molar-refractivity contribution in [2.24, 2.45) is 0 Å². The molecule has 0 radical (unpaired) electrons. The number of carbonyl (C=O) groups is 1. The number of hydrogen-bond acceptors (Lipinski definition) is 3. The summed E-state index contributed by atoms with van der Waals surface area (Å²) in [7, 11) is 0. The zero-order valence-electron chi connectivity index (χ0n) is 13.0. The largest absolute Gasteiger partial charge is 0.389 e. The molecule has 0 aromatic heterocycles. The monoisotopic (exact) mass is 305 g/mol. The number of rotatable bonds is 6. The molecule has 0 saturated carbocycles. The Morgan fingerprint density at radius 3 is 2.65 bits per heavy atom. The van der Waals surface area contributed by atoms with E-state index in [-0.39, 0.29) is 5.57 Å². The molecule has 0 bridgehead atoms. The van der Waals surface area contributed by atoms with Crippen LogP contribution in [0.25, 0.3) is 0 Å². The van der Waals surface area contributed by atoms with Gasteiger partial charge in [0.1, 0.15) is 11.6 Å². The zero-order chi connectivity index (χ0) is 16.5. The van der Waals surface area contributed by atoms with Crippen molar-refractivity contribution in [2.45, 2.75) is 13.3 Å². The van der Waals surface area contributed by atoms with Crippen molar-refractivity contribution in [3.05, 3.63) is 77.5 Å². The lowest BCUT2D eigenvalue weighted by molar-refractivity contribution is -0.112. The number of amides is 1. The van der Waals surface area contributed by atoms with Crippen molar-refractivity contribution >= 4 is 11.6 Å². The van der Waals surface area contributed by atoms with E-state index < -0.39 is 5.91 Å². The maximum atomic E-state index is 12.1. The lowest BCUT2D eigenvalue weighted by Crippen LogP contribution is -2.18. The van der Waals surface area contributed by atoms with Crippen LogP contribution >= 0.6 is 0 Å². The standard InChI is InChI=1S/C19H19N3O/c1-15-6-5-9-18(12-15)22-19(23)17(13-20)14-21-11-10-16-7-3-2-4-8-16/h2-9,12,14,21H,10-11H2,1H3,(H,22,23)/b17-14-. The molecule has 0 spiro atoms. The molecular weight excluding hydrogens is 286 g/mol. The highest BCUT2D eigenvalue weighted by Gasteiger charge is 2.08. The Hall–Kier alpha value is -3.06. The van der Waals surface area contributed by atoms with Gasteiger partial charge >= 0.3 is 0 Å². The van der Waals surface area contributed by atoms with Crippen molar-refractivity contribution in [1.29, 1.82) is 5.26 Å². The molecular formula is C19H19N3O. The molecule has 1 amide bonds. The van der Waals surface area contributed by atoms with E-state index >= 15 is 0 Å². The number of nitrogens with zero attached hydrogens (tertiary/aromatic N) is 1. The fourth-order valence-corrected chi connectivity index (χ4v) is 2.11. The van der Waals surface area contributed by atoms with Crippen LogP contribution in [0.2, 0.25) is 0 Å². The number of carbonyl (C=O) groups excluding carboxylic acids is 1. The summed E-state index contributed by atoms with van der Waals surface area (Å²) >= 11 is 0. The quantitative estimate of drug-likeness (QED) is 0.489. The summed E-state index contributed by atoms with van der Waals surface area (Å²) in [6, 6.07) is 19.4. The lowest BCUT2D eigenvalue weighted by atomic mass is 10.1. The Balaban J connectivity index is 1.88. The van der Waals surface area contributed by atoms with Gasteiger partial charge in [0, 0.05) is 18.4 Å². The molecule has 0 unspecified atom stereocenters. The van der Waals surface area contributed by atoms with E-state index in [1.807, 2.05) is 61.5 Å². The van der Waals surface area contributed by atoms with Crippen molar-refractivity contribution in [3.8, 4) is 6.07 Å². The Kier molecular flexibility index (Phi) is 5.96. The van der Waals surface area contributed by atoms with Crippen LogP contribution in [0.1, 0.15) is 11.1 Å². The third kappa shape index (κ3) is 5.33. The van der Waals surface area contributed by atoms with Gasteiger partial charge in [-0.05, 0) is 36.6 Å². The van der Waals surface area contributed by atoms with Gasteiger partial charge in [-0.25, -0.2) is 0 Å². The molecule has 2 N–H and O–H groups in total. The van der Waals surface area contributed by atoms with Gasteiger partial charge < -0.3 is 10.6 Å². The minimum absolute atomic E-state index is 0.0552. The van der Waals surface area contributed by atoms with Gasteiger partial charge in [0.25, 0.3) is 5.91 Å². The Morgan fingerprint density at radius 2 is 1.96 bits per heavy atom. The van der Waals surface area contributed by atoms with Gasteiger partial charge in [0.15, 0.2) is 0 Å². The zero-order valence-corrected chi connectivity index (χ0v) is 13.0. The van der Waals surface area contributed by atoms with Gasteiger partial charge in [0.2, 0.25) is 0 Å². The molecule has 0 atom stereocenters. The second-order valence-electron chi connectivity index (χ2n) is 5.18. The summed E-state index contributed by atoms with van der Waals surface area (Å²) in [4.78, 5) is 12.1. The SMILES string of the molecule is Cc1cccc(NC(=O)/C(C#N)=C\NCCc2ccccc2)c1. The van der Waals surface area contributed by atoms with E-state index in [2.05, 4.69) is 10.6 Å². The number of nitrogens with one attached hydrogen (secondary N) is 2. The van der Waals surface area contributed by atoms with E-state index in [9.17, 15) is 4.79 Å². The Morgan fingerprint density at radius 1 is 1.17 bits per heavy atom. The molecule has 4 nitrogen and oxygen atoms in total. The van der Waals surface area contributed by atoms with E-state index in [1.165, 1.54) is 11.8 Å². The predicted molar refractivity (Wildman–Crippen MR) is 91.7 cm³/mol. The molecule has 0 saturated heterocycles. The first-order valence-corrected chi connectivity index (χ1v) is 7.44. The molecule has 0 aliphatic rings. The number of hydrogen-bond donors (Lipinski definition) is 2. The van der Waals surface area contributed by atoms with E-state index in [0.29, 0.717) is 12.2 Å². The Labute approximate surface area is 136 Å². The van der Waals surface area contributed by atoms with Crippen LogP contribution < -0.4 is 10.6 Å². The van der Waals surface area contributed by atoms with Gasteiger partial charge in [-0.3, -0.25) is 4.79 Å². The van der Waals surface area contributed by atoms with Crippen LogP contribution in [0.15, 0.2) is 66.4 Å². The normalized spacial score (nSPS) is 10.7. The van der Waals surface area contributed by atoms with Crippen molar-refractivity contribution in [3.63, 3.8) is 0 Å². The summed E-state index contributed by atoms with van der Waals surface area (Å²) in [5, 5.41) is 14.9. The van der Waals surface area contributed by atoms with E-state index in [1.54, 1.807) is 6.07 Å². The molecule has 2 aromatic rings.